The number of hydrogen-bond acceptors (Lipinski definition) is 4. The zero-order chi connectivity index (χ0) is 20.8. The number of rotatable bonds is 7. The van der Waals surface area contributed by atoms with Gasteiger partial charge in [0, 0.05) is 13.1 Å². The van der Waals surface area contributed by atoms with Crippen LogP contribution in [0.25, 0.3) is 0 Å². The number of para-hydroxylation sites is 2. The summed E-state index contributed by atoms with van der Waals surface area (Å²) in [6.07, 6.45) is 10.9. The molecule has 1 unspecified atom stereocenters. The van der Waals surface area contributed by atoms with E-state index < -0.39 is 6.04 Å². The zero-order valence-corrected chi connectivity index (χ0v) is 17.8. The Kier molecular flexibility index (Phi) is 6.64. The molecule has 6 heteroatoms. The van der Waals surface area contributed by atoms with Crippen LogP contribution in [0.2, 0.25) is 0 Å². The van der Waals surface area contributed by atoms with Gasteiger partial charge in [0.05, 0.1) is 16.3 Å². The van der Waals surface area contributed by atoms with Crippen molar-refractivity contribution in [1.29, 1.82) is 0 Å². The number of carbonyl (C=O) groups is 2. The van der Waals surface area contributed by atoms with E-state index in [0.29, 0.717) is 11.3 Å². The Morgan fingerprint density at radius 3 is 2.67 bits per heavy atom. The summed E-state index contributed by atoms with van der Waals surface area (Å²) in [5.41, 5.74) is 3.03. The van der Waals surface area contributed by atoms with Crippen LogP contribution >= 0.6 is 11.3 Å². The first-order chi connectivity index (χ1) is 14.7. The summed E-state index contributed by atoms with van der Waals surface area (Å²) in [6.45, 7) is 2.01. The molecule has 0 spiro atoms. The van der Waals surface area contributed by atoms with E-state index in [1.807, 2.05) is 35.7 Å². The maximum atomic E-state index is 13.3. The molecule has 1 fully saturated rings. The van der Waals surface area contributed by atoms with Gasteiger partial charge in [-0.3, -0.25) is 9.59 Å². The van der Waals surface area contributed by atoms with Gasteiger partial charge in [-0.1, -0.05) is 42.0 Å². The van der Waals surface area contributed by atoms with Crippen LogP contribution in [-0.2, 0) is 4.79 Å². The number of thiophene rings is 1. The van der Waals surface area contributed by atoms with Crippen LogP contribution in [-0.4, -0.2) is 30.9 Å². The highest BCUT2D eigenvalue weighted by atomic mass is 32.1. The first-order valence-corrected chi connectivity index (χ1v) is 11.4. The van der Waals surface area contributed by atoms with Crippen molar-refractivity contribution >= 4 is 34.5 Å². The Morgan fingerprint density at radius 2 is 1.93 bits per heavy atom. The van der Waals surface area contributed by atoms with Crippen molar-refractivity contribution in [3.8, 4) is 0 Å². The van der Waals surface area contributed by atoms with Gasteiger partial charge in [0.15, 0.2) is 0 Å². The smallest absolute Gasteiger partial charge is 0.262 e. The number of anilines is 2. The van der Waals surface area contributed by atoms with Crippen molar-refractivity contribution in [2.24, 2.45) is 0 Å². The van der Waals surface area contributed by atoms with Crippen LogP contribution in [0.5, 0.6) is 0 Å². The third-order valence-electron chi connectivity index (χ3n) is 5.54. The number of hydrogen-bond donors (Lipinski definition) is 2. The van der Waals surface area contributed by atoms with Gasteiger partial charge < -0.3 is 15.5 Å². The lowest BCUT2D eigenvalue weighted by molar-refractivity contribution is -0.118. The van der Waals surface area contributed by atoms with E-state index in [-0.39, 0.29) is 11.8 Å². The number of allylic oxidation sites excluding steroid dienone is 3. The van der Waals surface area contributed by atoms with Crippen LogP contribution in [0.15, 0.2) is 65.6 Å². The lowest BCUT2D eigenvalue weighted by atomic mass is 9.97. The third kappa shape index (κ3) is 5.00. The van der Waals surface area contributed by atoms with Gasteiger partial charge in [0.2, 0.25) is 5.91 Å². The fourth-order valence-electron chi connectivity index (χ4n) is 3.96. The molecule has 1 aliphatic carbocycles. The molecule has 0 radical (unpaired) electrons. The molecule has 5 nitrogen and oxygen atoms in total. The lowest BCUT2D eigenvalue weighted by Gasteiger charge is -2.24. The van der Waals surface area contributed by atoms with Crippen molar-refractivity contribution in [3.05, 3.63) is 70.5 Å². The second kappa shape index (κ2) is 9.76. The van der Waals surface area contributed by atoms with Gasteiger partial charge in [-0.15, -0.1) is 11.3 Å². The minimum atomic E-state index is -0.621. The Labute approximate surface area is 181 Å². The quantitative estimate of drug-likeness (QED) is 0.678. The number of nitrogens with one attached hydrogen (secondary N) is 2. The summed E-state index contributed by atoms with van der Waals surface area (Å²) < 4.78 is 0. The van der Waals surface area contributed by atoms with Crippen LogP contribution in [0.4, 0.5) is 11.4 Å². The van der Waals surface area contributed by atoms with Gasteiger partial charge in [-0.05, 0) is 55.7 Å². The molecule has 0 bridgehead atoms. The molecule has 1 aromatic heterocycles. The van der Waals surface area contributed by atoms with Crippen LogP contribution in [0, 0.1) is 0 Å². The Balaban J connectivity index is 1.52. The molecular formula is C24H27N3O2S. The number of nitrogens with zero attached hydrogens (tertiary/aromatic N) is 1. The molecule has 2 aliphatic rings. The summed E-state index contributed by atoms with van der Waals surface area (Å²) in [5, 5.41) is 7.91. The van der Waals surface area contributed by atoms with Crippen molar-refractivity contribution < 1.29 is 9.59 Å². The maximum Gasteiger partial charge on any atom is 0.262 e. The molecule has 1 aromatic carbocycles. The van der Waals surface area contributed by atoms with Crippen molar-refractivity contribution in [1.82, 2.24) is 5.32 Å². The standard InChI is InChI=1S/C24H27N3O2S/c28-23(25-19-11-4-5-12-21(19)27-14-6-7-15-27)20(17-18-9-2-1-3-10-18)26-24(29)22-13-8-16-30-22/h1-2,4-5,8-9,11-13,16,20H,3,6-7,10,14-15,17H2,(H,25,28)(H,26,29). The zero-order valence-electron chi connectivity index (χ0n) is 17.0. The Morgan fingerprint density at radius 1 is 1.10 bits per heavy atom. The molecule has 2 heterocycles. The fraction of sp³-hybridized carbons (Fsp3) is 0.333. The molecule has 2 N–H and O–H groups in total. The van der Waals surface area contributed by atoms with Gasteiger partial charge >= 0.3 is 0 Å². The summed E-state index contributed by atoms with van der Waals surface area (Å²) >= 11 is 1.38. The Hall–Kier alpha value is -2.86. The normalized spacial score (nSPS) is 16.8. The second-order valence-electron chi connectivity index (χ2n) is 7.70. The largest absolute Gasteiger partial charge is 0.370 e. The molecule has 1 saturated heterocycles. The van der Waals surface area contributed by atoms with E-state index in [1.54, 1.807) is 6.07 Å². The minimum Gasteiger partial charge on any atom is -0.370 e. The molecule has 156 valence electrons. The summed E-state index contributed by atoms with van der Waals surface area (Å²) in [7, 11) is 0. The topological polar surface area (TPSA) is 61.4 Å². The van der Waals surface area contributed by atoms with E-state index in [4.69, 9.17) is 0 Å². The van der Waals surface area contributed by atoms with Crippen molar-refractivity contribution in [2.75, 3.05) is 23.3 Å². The summed E-state index contributed by atoms with van der Waals surface area (Å²) in [6, 6.07) is 10.9. The van der Waals surface area contributed by atoms with Gasteiger partial charge in [0.25, 0.3) is 5.91 Å². The predicted octanol–water partition coefficient (Wildman–Crippen LogP) is 4.75. The maximum absolute atomic E-state index is 13.3. The average Bonchev–Trinajstić information content (AvgIpc) is 3.49. The minimum absolute atomic E-state index is 0.179. The Bertz CT molecular complexity index is 943. The molecule has 30 heavy (non-hydrogen) atoms. The molecule has 2 amide bonds. The van der Waals surface area contributed by atoms with Crippen LogP contribution in [0.3, 0.4) is 0 Å². The number of benzene rings is 1. The summed E-state index contributed by atoms with van der Waals surface area (Å²) in [5.74, 6) is -0.382. The van der Waals surface area contributed by atoms with Crippen molar-refractivity contribution in [3.63, 3.8) is 0 Å². The second-order valence-corrected chi connectivity index (χ2v) is 8.65. The molecule has 2 aromatic rings. The van der Waals surface area contributed by atoms with E-state index in [9.17, 15) is 9.59 Å². The molecule has 4 rings (SSSR count). The van der Waals surface area contributed by atoms with E-state index in [0.717, 1.165) is 37.3 Å². The molecule has 1 aliphatic heterocycles. The highest BCUT2D eigenvalue weighted by Gasteiger charge is 2.25. The van der Waals surface area contributed by atoms with Crippen molar-refractivity contribution in [2.45, 2.75) is 38.1 Å². The van der Waals surface area contributed by atoms with E-state index >= 15 is 0 Å². The van der Waals surface area contributed by atoms with E-state index in [1.165, 1.54) is 29.8 Å². The molecule has 0 saturated carbocycles. The van der Waals surface area contributed by atoms with Gasteiger partial charge in [-0.2, -0.15) is 0 Å². The lowest BCUT2D eigenvalue weighted by Crippen LogP contribution is -2.44. The first-order valence-electron chi connectivity index (χ1n) is 10.5. The average molecular weight is 422 g/mol. The predicted molar refractivity (Wildman–Crippen MR) is 123 cm³/mol. The number of amides is 2. The highest BCUT2D eigenvalue weighted by molar-refractivity contribution is 7.12. The molecule has 1 atom stereocenters. The number of carbonyl (C=O) groups excluding carboxylic acids is 2. The highest BCUT2D eigenvalue weighted by Crippen LogP contribution is 2.29. The summed E-state index contributed by atoms with van der Waals surface area (Å²) in [4.78, 5) is 28.9. The van der Waals surface area contributed by atoms with Crippen LogP contribution < -0.4 is 15.5 Å². The van der Waals surface area contributed by atoms with Gasteiger partial charge in [0.1, 0.15) is 6.04 Å². The third-order valence-corrected chi connectivity index (χ3v) is 6.41. The fourth-order valence-corrected chi connectivity index (χ4v) is 4.59. The molecular weight excluding hydrogens is 394 g/mol. The van der Waals surface area contributed by atoms with Gasteiger partial charge in [-0.25, -0.2) is 0 Å². The monoisotopic (exact) mass is 421 g/mol. The van der Waals surface area contributed by atoms with E-state index in [2.05, 4.69) is 33.8 Å². The SMILES string of the molecule is O=C(NC(CC1=CC=CCC1)C(=O)Nc1ccccc1N1CCCC1)c1cccs1. The first kappa shape index (κ1) is 20.4. The van der Waals surface area contributed by atoms with Crippen LogP contribution in [0.1, 0.15) is 41.8 Å².